The zero-order valence-corrected chi connectivity index (χ0v) is 14.1. The van der Waals surface area contributed by atoms with Crippen LogP contribution in [0.2, 0.25) is 0 Å². The van der Waals surface area contributed by atoms with Gasteiger partial charge in [-0.15, -0.1) is 0 Å². The van der Waals surface area contributed by atoms with Crippen molar-refractivity contribution >= 4 is 10.0 Å². The number of ether oxygens (including phenoxy) is 1. The molecule has 2 unspecified atom stereocenters. The SMILES string of the molecule is COc1ccc(S(=O)(=O)N2CCC(N(C)C)C2C)c(C)c1. The number of methoxy groups -OCH3 is 1. The normalized spacial score (nSPS) is 23.7. The van der Waals surface area contributed by atoms with E-state index in [0.29, 0.717) is 17.2 Å². The molecular formula is C15H24N2O3S. The van der Waals surface area contributed by atoms with Crippen LogP contribution < -0.4 is 4.74 Å². The summed E-state index contributed by atoms with van der Waals surface area (Å²) in [5.74, 6) is 0.673. The first-order valence-electron chi connectivity index (χ1n) is 7.12. The van der Waals surface area contributed by atoms with Gasteiger partial charge in [0.05, 0.1) is 12.0 Å². The Kier molecular flexibility index (Phi) is 4.60. The fourth-order valence-electron chi connectivity index (χ4n) is 3.09. The van der Waals surface area contributed by atoms with E-state index in [2.05, 4.69) is 4.90 Å². The molecule has 2 atom stereocenters. The minimum atomic E-state index is -3.46. The molecule has 1 heterocycles. The van der Waals surface area contributed by atoms with E-state index in [1.807, 2.05) is 21.0 Å². The first-order chi connectivity index (χ1) is 9.78. The third-order valence-corrected chi connectivity index (χ3v) is 6.43. The van der Waals surface area contributed by atoms with Gasteiger partial charge in [-0.05, 0) is 58.1 Å². The van der Waals surface area contributed by atoms with Crippen molar-refractivity contribution in [3.8, 4) is 5.75 Å². The Morgan fingerprint density at radius 2 is 2.00 bits per heavy atom. The lowest BCUT2D eigenvalue weighted by Crippen LogP contribution is -2.42. The molecule has 0 N–H and O–H groups in total. The van der Waals surface area contributed by atoms with E-state index in [9.17, 15) is 8.42 Å². The van der Waals surface area contributed by atoms with Crippen LogP contribution in [0.1, 0.15) is 18.9 Å². The van der Waals surface area contributed by atoms with Gasteiger partial charge in [-0.2, -0.15) is 4.31 Å². The molecular weight excluding hydrogens is 288 g/mol. The van der Waals surface area contributed by atoms with Crippen LogP contribution in [0.4, 0.5) is 0 Å². The first-order valence-corrected chi connectivity index (χ1v) is 8.56. The summed E-state index contributed by atoms with van der Waals surface area (Å²) in [5.41, 5.74) is 0.717. The highest BCUT2D eigenvalue weighted by Crippen LogP contribution is 2.30. The maximum Gasteiger partial charge on any atom is 0.243 e. The number of hydrogen-bond donors (Lipinski definition) is 0. The topological polar surface area (TPSA) is 49.9 Å². The molecule has 2 rings (SSSR count). The van der Waals surface area contributed by atoms with Crippen LogP contribution in [0, 0.1) is 6.92 Å². The second kappa shape index (κ2) is 5.94. The molecule has 6 heteroatoms. The van der Waals surface area contributed by atoms with Crippen LogP contribution in [0.3, 0.4) is 0 Å². The molecule has 5 nitrogen and oxygen atoms in total. The highest BCUT2D eigenvalue weighted by molar-refractivity contribution is 7.89. The zero-order valence-electron chi connectivity index (χ0n) is 13.3. The number of hydrogen-bond acceptors (Lipinski definition) is 4. The summed E-state index contributed by atoms with van der Waals surface area (Å²) in [6, 6.07) is 5.34. The maximum atomic E-state index is 12.9. The van der Waals surface area contributed by atoms with Gasteiger partial charge >= 0.3 is 0 Å². The smallest absolute Gasteiger partial charge is 0.243 e. The van der Waals surface area contributed by atoms with Crippen molar-refractivity contribution < 1.29 is 13.2 Å². The quantitative estimate of drug-likeness (QED) is 0.849. The van der Waals surface area contributed by atoms with E-state index in [1.165, 1.54) is 0 Å². The number of aryl methyl sites for hydroxylation is 1. The summed E-state index contributed by atoms with van der Waals surface area (Å²) in [4.78, 5) is 2.47. The summed E-state index contributed by atoms with van der Waals surface area (Å²) in [6.45, 7) is 4.35. The number of benzene rings is 1. The highest BCUT2D eigenvalue weighted by atomic mass is 32.2. The van der Waals surface area contributed by atoms with E-state index >= 15 is 0 Å². The lowest BCUT2D eigenvalue weighted by Gasteiger charge is -2.28. The molecule has 1 aromatic carbocycles. The Bertz CT molecular complexity index is 613. The second-order valence-corrected chi connectivity index (χ2v) is 7.67. The maximum absolute atomic E-state index is 12.9. The molecule has 1 aliphatic heterocycles. The van der Waals surface area contributed by atoms with Crippen LogP contribution in [0.15, 0.2) is 23.1 Å². The van der Waals surface area contributed by atoms with Gasteiger partial charge < -0.3 is 9.64 Å². The van der Waals surface area contributed by atoms with E-state index in [1.54, 1.807) is 36.5 Å². The van der Waals surface area contributed by atoms with Crippen molar-refractivity contribution in [1.29, 1.82) is 0 Å². The van der Waals surface area contributed by atoms with E-state index in [0.717, 1.165) is 12.0 Å². The Hall–Kier alpha value is -1.11. The van der Waals surface area contributed by atoms with Crippen molar-refractivity contribution in [2.75, 3.05) is 27.7 Å². The summed E-state index contributed by atoms with van der Waals surface area (Å²) < 4.78 is 32.6. The third-order valence-electron chi connectivity index (χ3n) is 4.29. The largest absolute Gasteiger partial charge is 0.497 e. The molecule has 0 bridgehead atoms. The number of nitrogens with zero attached hydrogens (tertiary/aromatic N) is 2. The molecule has 0 radical (unpaired) electrons. The van der Waals surface area contributed by atoms with Gasteiger partial charge in [0, 0.05) is 18.6 Å². The van der Waals surface area contributed by atoms with E-state index < -0.39 is 10.0 Å². The number of rotatable bonds is 4. The van der Waals surface area contributed by atoms with Crippen molar-refractivity contribution in [3.63, 3.8) is 0 Å². The second-order valence-electron chi connectivity index (χ2n) is 5.81. The summed E-state index contributed by atoms with van der Waals surface area (Å²) in [7, 11) is 2.11. The molecule has 0 amide bonds. The molecule has 1 aliphatic rings. The van der Waals surface area contributed by atoms with Crippen molar-refractivity contribution in [2.24, 2.45) is 0 Å². The third kappa shape index (κ3) is 2.93. The van der Waals surface area contributed by atoms with Crippen LogP contribution in [0.5, 0.6) is 5.75 Å². The molecule has 0 saturated carbocycles. The molecule has 118 valence electrons. The Labute approximate surface area is 127 Å². The van der Waals surface area contributed by atoms with Crippen LogP contribution in [-0.4, -0.2) is 57.5 Å². The number of likely N-dealkylation sites (N-methyl/N-ethyl adjacent to an activating group) is 1. The van der Waals surface area contributed by atoms with Crippen LogP contribution in [0.25, 0.3) is 0 Å². The first kappa shape index (κ1) is 16.3. The van der Waals surface area contributed by atoms with Gasteiger partial charge in [-0.1, -0.05) is 0 Å². The molecule has 0 aromatic heterocycles. The predicted octanol–water partition coefficient (Wildman–Crippen LogP) is 1.72. The van der Waals surface area contributed by atoms with Gasteiger partial charge in [0.25, 0.3) is 0 Å². The summed E-state index contributed by atoms with van der Waals surface area (Å²) in [6.07, 6.45) is 0.864. The highest BCUT2D eigenvalue weighted by Gasteiger charge is 2.40. The predicted molar refractivity (Wildman–Crippen MR) is 83.2 cm³/mol. The molecule has 0 aliphatic carbocycles. The van der Waals surface area contributed by atoms with Gasteiger partial charge in [0.15, 0.2) is 0 Å². The van der Waals surface area contributed by atoms with Crippen molar-refractivity contribution in [1.82, 2.24) is 9.21 Å². The average Bonchev–Trinajstić information content (AvgIpc) is 2.80. The fourth-order valence-corrected chi connectivity index (χ4v) is 4.97. The average molecular weight is 312 g/mol. The minimum absolute atomic E-state index is 0.0218. The zero-order chi connectivity index (χ0) is 15.8. The van der Waals surface area contributed by atoms with E-state index in [-0.39, 0.29) is 12.1 Å². The Balaban J connectivity index is 2.35. The van der Waals surface area contributed by atoms with Crippen molar-refractivity contribution in [2.45, 2.75) is 37.2 Å². The lowest BCUT2D eigenvalue weighted by molar-refractivity contribution is 0.250. The number of sulfonamides is 1. The standard InChI is InChI=1S/C15H24N2O3S/c1-11-10-13(20-5)6-7-15(11)21(18,19)17-9-8-14(12(17)2)16(3)4/h6-7,10,12,14H,8-9H2,1-5H3. The summed E-state index contributed by atoms with van der Waals surface area (Å²) >= 11 is 0. The summed E-state index contributed by atoms with van der Waals surface area (Å²) in [5, 5.41) is 0. The monoisotopic (exact) mass is 312 g/mol. The van der Waals surface area contributed by atoms with Crippen LogP contribution >= 0.6 is 0 Å². The van der Waals surface area contributed by atoms with Crippen molar-refractivity contribution in [3.05, 3.63) is 23.8 Å². The van der Waals surface area contributed by atoms with E-state index in [4.69, 9.17) is 4.74 Å². The minimum Gasteiger partial charge on any atom is -0.497 e. The molecule has 21 heavy (non-hydrogen) atoms. The van der Waals surface area contributed by atoms with Gasteiger partial charge in [0.1, 0.15) is 5.75 Å². The molecule has 1 aromatic rings. The van der Waals surface area contributed by atoms with Gasteiger partial charge in [-0.3, -0.25) is 0 Å². The van der Waals surface area contributed by atoms with Crippen LogP contribution in [-0.2, 0) is 10.0 Å². The Morgan fingerprint density at radius 1 is 1.33 bits per heavy atom. The molecule has 1 fully saturated rings. The Morgan fingerprint density at radius 3 is 2.48 bits per heavy atom. The van der Waals surface area contributed by atoms with Gasteiger partial charge in [0.2, 0.25) is 10.0 Å². The fraction of sp³-hybridized carbons (Fsp3) is 0.600. The lowest BCUT2D eigenvalue weighted by atomic mass is 10.1. The molecule has 0 spiro atoms. The molecule has 1 saturated heterocycles. The van der Waals surface area contributed by atoms with Gasteiger partial charge in [-0.25, -0.2) is 8.42 Å².